The number of nitro benzene ring substituents is 1. The average Bonchev–Trinajstić information content (AvgIpc) is 3.00. The molecule has 0 aliphatic heterocycles. The van der Waals surface area contributed by atoms with Crippen LogP contribution >= 0.6 is 11.6 Å². The minimum absolute atomic E-state index is 0.0325. The molecule has 1 N–H and O–H groups in total. The van der Waals surface area contributed by atoms with E-state index >= 15 is 0 Å². The first-order valence-corrected chi connectivity index (χ1v) is 6.74. The van der Waals surface area contributed by atoms with Crippen LogP contribution in [-0.4, -0.2) is 16.8 Å². The molecule has 1 atom stereocenters. The van der Waals surface area contributed by atoms with E-state index in [1.807, 2.05) is 0 Å². The fourth-order valence-corrected chi connectivity index (χ4v) is 2.20. The molecule has 0 aliphatic rings. The molecule has 1 aromatic heterocycles. The summed E-state index contributed by atoms with van der Waals surface area (Å²) in [6, 6.07) is 5.32. The van der Waals surface area contributed by atoms with E-state index in [9.17, 15) is 24.8 Å². The van der Waals surface area contributed by atoms with Gasteiger partial charge in [-0.05, 0) is 18.2 Å². The van der Waals surface area contributed by atoms with Gasteiger partial charge in [0.25, 0.3) is 11.6 Å². The van der Waals surface area contributed by atoms with Gasteiger partial charge in [0, 0.05) is 35.1 Å². The molecule has 1 aromatic carbocycles. The summed E-state index contributed by atoms with van der Waals surface area (Å²) in [5.41, 5.74) is -0.176. The summed E-state index contributed by atoms with van der Waals surface area (Å²) in [7, 11) is 0. The zero-order chi connectivity index (χ0) is 17.0. The molecule has 0 saturated carbocycles. The number of hydrogen-bond acceptors (Lipinski definition) is 6. The van der Waals surface area contributed by atoms with Crippen LogP contribution in [0.1, 0.15) is 28.6 Å². The van der Waals surface area contributed by atoms with E-state index in [-0.39, 0.29) is 22.0 Å². The molecule has 8 nitrogen and oxygen atoms in total. The van der Waals surface area contributed by atoms with Gasteiger partial charge >= 0.3 is 0 Å². The van der Waals surface area contributed by atoms with E-state index in [0.29, 0.717) is 0 Å². The van der Waals surface area contributed by atoms with Crippen LogP contribution in [0.3, 0.4) is 0 Å². The SMILES string of the molecule is O=C([O-])C[C@H](NC(=O)c1ccco1)c1cc([N+](=O)[O-])ccc1Cl. The second-order valence-corrected chi connectivity index (χ2v) is 4.95. The van der Waals surface area contributed by atoms with Crippen LogP contribution in [0.25, 0.3) is 0 Å². The standard InChI is InChI=1S/C14H11ClN2O6/c15-10-4-3-8(17(21)22)6-9(10)11(7-13(18)19)16-14(20)12-2-1-5-23-12/h1-6,11H,7H2,(H,16,20)(H,18,19)/p-1/t11-/m0/s1. The van der Waals surface area contributed by atoms with Crippen LogP contribution in [0.4, 0.5) is 5.69 Å². The highest BCUT2D eigenvalue weighted by molar-refractivity contribution is 6.31. The van der Waals surface area contributed by atoms with Crippen molar-refractivity contribution in [2.45, 2.75) is 12.5 Å². The maximum atomic E-state index is 12.0. The monoisotopic (exact) mass is 337 g/mol. The summed E-state index contributed by atoms with van der Waals surface area (Å²) in [4.78, 5) is 33.1. The molecular weight excluding hydrogens is 328 g/mol. The van der Waals surface area contributed by atoms with Crippen molar-refractivity contribution in [1.82, 2.24) is 5.32 Å². The lowest BCUT2D eigenvalue weighted by molar-refractivity contribution is -0.385. The highest BCUT2D eigenvalue weighted by Crippen LogP contribution is 2.29. The van der Waals surface area contributed by atoms with Gasteiger partial charge in [-0.1, -0.05) is 11.6 Å². The topological polar surface area (TPSA) is 126 Å². The molecule has 1 amide bonds. The summed E-state index contributed by atoms with van der Waals surface area (Å²) >= 11 is 5.98. The van der Waals surface area contributed by atoms with Gasteiger partial charge in [0.1, 0.15) is 0 Å². The molecule has 0 spiro atoms. The molecule has 0 saturated heterocycles. The van der Waals surface area contributed by atoms with Crippen LogP contribution in [0, 0.1) is 10.1 Å². The smallest absolute Gasteiger partial charge is 0.287 e. The van der Waals surface area contributed by atoms with Crippen molar-refractivity contribution >= 4 is 29.2 Å². The number of benzene rings is 1. The van der Waals surface area contributed by atoms with E-state index in [1.165, 1.54) is 30.5 Å². The van der Waals surface area contributed by atoms with E-state index < -0.39 is 29.3 Å². The maximum absolute atomic E-state index is 12.0. The number of furan rings is 1. The Balaban J connectivity index is 2.34. The van der Waals surface area contributed by atoms with Crippen LogP contribution in [0.2, 0.25) is 5.02 Å². The molecule has 0 radical (unpaired) electrons. The lowest BCUT2D eigenvalue weighted by Crippen LogP contribution is -2.34. The number of carbonyl (C=O) groups excluding carboxylic acids is 2. The molecule has 0 fully saturated rings. The molecule has 120 valence electrons. The number of carboxylic acids is 1. The highest BCUT2D eigenvalue weighted by atomic mass is 35.5. The Morgan fingerprint density at radius 2 is 2.09 bits per heavy atom. The van der Waals surface area contributed by atoms with E-state index in [2.05, 4.69) is 5.32 Å². The van der Waals surface area contributed by atoms with Gasteiger partial charge in [0.15, 0.2) is 5.76 Å². The number of nitro groups is 1. The predicted octanol–water partition coefficient (Wildman–Crippen LogP) is 1.45. The molecule has 9 heteroatoms. The van der Waals surface area contributed by atoms with Crippen molar-refractivity contribution in [3.8, 4) is 0 Å². The lowest BCUT2D eigenvalue weighted by atomic mass is 10.0. The van der Waals surface area contributed by atoms with E-state index in [1.54, 1.807) is 0 Å². The highest BCUT2D eigenvalue weighted by Gasteiger charge is 2.22. The third kappa shape index (κ3) is 4.07. The van der Waals surface area contributed by atoms with Gasteiger partial charge in [0.2, 0.25) is 0 Å². The number of aliphatic carboxylic acids is 1. The van der Waals surface area contributed by atoms with Gasteiger partial charge in [-0.25, -0.2) is 0 Å². The third-order valence-corrected chi connectivity index (χ3v) is 3.33. The van der Waals surface area contributed by atoms with E-state index in [0.717, 1.165) is 6.07 Å². The largest absolute Gasteiger partial charge is 0.550 e. The molecular formula is C14H10ClN2O6-. The van der Waals surface area contributed by atoms with Gasteiger partial charge in [-0.3, -0.25) is 14.9 Å². The number of non-ortho nitro benzene ring substituents is 1. The van der Waals surface area contributed by atoms with Crippen LogP contribution in [-0.2, 0) is 4.79 Å². The Bertz CT molecular complexity index is 744. The minimum atomic E-state index is -1.45. The number of hydrogen-bond donors (Lipinski definition) is 1. The summed E-state index contributed by atoms with van der Waals surface area (Å²) < 4.78 is 4.91. The van der Waals surface area contributed by atoms with Crippen LogP contribution in [0.15, 0.2) is 41.0 Å². The average molecular weight is 338 g/mol. The summed E-state index contributed by atoms with van der Waals surface area (Å²) in [5, 5.41) is 24.3. The summed E-state index contributed by atoms with van der Waals surface area (Å²) in [6.07, 6.45) is 0.677. The predicted molar refractivity (Wildman–Crippen MR) is 76.6 cm³/mol. The molecule has 0 unspecified atom stereocenters. The molecule has 2 rings (SSSR count). The number of rotatable bonds is 6. The first kappa shape index (κ1) is 16.5. The van der Waals surface area contributed by atoms with Gasteiger partial charge < -0.3 is 19.6 Å². The quantitative estimate of drug-likeness (QED) is 0.628. The van der Waals surface area contributed by atoms with Gasteiger partial charge in [0.05, 0.1) is 17.2 Å². The number of nitrogens with zero attached hydrogens (tertiary/aromatic N) is 1. The van der Waals surface area contributed by atoms with Crippen molar-refractivity contribution < 1.29 is 24.0 Å². The number of carboxylic acid groups (broad SMARTS) is 1. The third-order valence-electron chi connectivity index (χ3n) is 2.99. The zero-order valence-corrected chi connectivity index (χ0v) is 12.3. The van der Waals surface area contributed by atoms with Crippen molar-refractivity contribution in [3.05, 3.63) is 63.1 Å². The maximum Gasteiger partial charge on any atom is 0.287 e. The molecule has 0 bridgehead atoms. The van der Waals surface area contributed by atoms with Crippen LogP contribution in [0.5, 0.6) is 0 Å². The minimum Gasteiger partial charge on any atom is -0.550 e. The zero-order valence-electron chi connectivity index (χ0n) is 11.5. The first-order chi connectivity index (χ1) is 10.9. The number of halogens is 1. The first-order valence-electron chi connectivity index (χ1n) is 6.36. The molecule has 2 aromatic rings. The fourth-order valence-electron chi connectivity index (χ4n) is 1.95. The van der Waals surface area contributed by atoms with Crippen molar-refractivity contribution in [2.24, 2.45) is 0 Å². The molecule has 1 heterocycles. The summed E-state index contributed by atoms with van der Waals surface area (Å²) in [6.45, 7) is 0. The second kappa shape index (κ2) is 6.93. The van der Waals surface area contributed by atoms with Crippen molar-refractivity contribution in [3.63, 3.8) is 0 Å². The number of carbonyl (C=O) groups is 2. The number of amides is 1. The normalized spacial score (nSPS) is 11.7. The Morgan fingerprint density at radius 3 is 2.65 bits per heavy atom. The summed E-state index contributed by atoms with van der Waals surface area (Å²) in [5.74, 6) is -2.16. The Labute approximate surface area is 134 Å². The Kier molecular flexibility index (Phi) is 4.97. The second-order valence-electron chi connectivity index (χ2n) is 4.54. The van der Waals surface area contributed by atoms with Crippen molar-refractivity contribution in [2.75, 3.05) is 0 Å². The fraction of sp³-hybridized carbons (Fsp3) is 0.143. The van der Waals surface area contributed by atoms with E-state index in [4.69, 9.17) is 16.0 Å². The molecule has 23 heavy (non-hydrogen) atoms. The lowest BCUT2D eigenvalue weighted by Gasteiger charge is -2.20. The van der Waals surface area contributed by atoms with Gasteiger partial charge in [-0.2, -0.15) is 0 Å². The van der Waals surface area contributed by atoms with Gasteiger partial charge in [-0.15, -0.1) is 0 Å². The van der Waals surface area contributed by atoms with Crippen LogP contribution < -0.4 is 10.4 Å². The Hall–Kier alpha value is -2.87. The molecule has 0 aliphatic carbocycles. The van der Waals surface area contributed by atoms with Crippen molar-refractivity contribution in [1.29, 1.82) is 0 Å². The number of nitrogens with one attached hydrogen (secondary N) is 1. The Morgan fingerprint density at radius 1 is 1.35 bits per heavy atom.